The molecule has 1 saturated heterocycles. The van der Waals surface area contributed by atoms with Gasteiger partial charge in [0.15, 0.2) is 6.29 Å². The Morgan fingerprint density at radius 2 is 1.04 bits per heavy atom. The summed E-state index contributed by atoms with van der Waals surface area (Å²) >= 11 is 0. The molecule has 1 heterocycles. The Bertz CT molecular complexity index is 842. The Morgan fingerprint density at radius 3 is 1.47 bits per heavy atom. The standard InChI is InChI=1S/C44H85NO8/c1-3-5-7-9-11-13-15-16-17-18-19-20-21-22-23-24-26-28-30-32-34-40(48)45-37(36-52-44-43(51)42(50)41(49)39(35-46)53-44)38(47)33-31-29-27-25-14-12-10-8-6-4-2/h31,33,37-39,41-44,46-47,49-51H,3-30,32,34-36H2,1-2H3,(H,45,48)/b33-31+. The third kappa shape index (κ3) is 26.4. The van der Waals surface area contributed by atoms with Gasteiger partial charge in [-0.25, -0.2) is 0 Å². The summed E-state index contributed by atoms with van der Waals surface area (Å²) in [6.45, 7) is 3.76. The van der Waals surface area contributed by atoms with E-state index in [4.69, 9.17) is 9.47 Å². The number of ether oxygens (including phenoxy) is 2. The highest BCUT2D eigenvalue weighted by molar-refractivity contribution is 5.76. The molecule has 1 fully saturated rings. The fourth-order valence-corrected chi connectivity index (χ4v) is 7.21. The van der Waals surface area contributed by atoms with Crippen LogP contribution in [-0.4, -0.2) is 87.5 Å². The third-order valence-corrected chi connectivity index (χ3v) is 10.9. The van der Waals surface area contributed by atoms with Crippen molar-refractivity contribution in [3.63, 3.8) is 0 Å². The number of aliphatic hydroxyl groups excluding tert-OH is 5. The lowest BCUT2D eigenvalue weighted by atomic mass is 9.99. The fourth-order valence-electron chi connectivity index (χ4n) is 7.21. The molecule has 0 spiro atoms. The molecule has 9 nitrogen and oxygen atoms in total. The van der Waals surface area contributed by atoms with E-state index in [0.29, 0.717) is 6.42 Å². The maximum atomic E-state index is 12.9. The van der Waals surface area contributed by atoms with Gasteiger partial charge in [0.05, 0.1) is 25.4 Å². The summed E-state index contributed by atoms with van der Waals surface area (Å²) in [6.07, 6.45) is 32.6. The van der Waals surface area contributed by atoms with Gasteiger partial charge >= 0.3 is 0 Å². The SMILES string of the molecule is CCCCCCCCCC/C=C/C(O)C(COC1OC(CO)C(O)C(O)C1O)NC(=O)CCCCCCCCCCCCCCCCCCCCCC. The number of aliphatic hydroxyl groups is 5. The molecule has 0 aromatic carbocycles. The molecule has 9 heteroatoms. The zero-order valence-electron chi connectivity index (χ0n) is 34.3. The molecule has 0 aliphatic carbocycles. The van der Waals surface area contributed by atoms with Crippen LogP contribution in [0, 0.1) is 0 Å². The van der Waals surface area contributed by atoms with E-state index >= 15 is 0 Å². The summed E-state index contributed by atoms with van der Waals surface area (Å²) < 4.78 is 11.2. The van der Waals surface area contributed by atoms with Crippen LogP contribution in [0.5, 0.6) is 0 Å². The van der Waals surface area contributed by atoms with Crippen LogP contribution in [0.2, 0.25) is 0 Å². The number of rotatable bonds is 37. The van der Waals surface area contributed by atoms with E-state index in [1.807, 2.05) is 6.08 Å². The largest absolute Gasteiger partial charge is 0.394 e. The molecule has 1 amide bonds. The molecule has 0 saturated carbocycles. The van der Waals surface area contributed by atoms with E-state index in [1.54, 1.807) is 6.08 Å². The average molecular weight is 756 g/mol. The van der Waals surface area contributed by atoms with Crippen LogP contribution in [0.1, 0.15) is 206 Å². The summed E-state index contributed by atoms with van der Waals surface area (Å²) in [4.78, 5) is 12.9. The van der Waals surface area contributed by atoms with Crippen molar-refractivity contribution in [3.8, 4) is 0 Å². The molecular weight excluding hydrogens is 670 g/mol. The van der Waals surface area contributed by atoms with E-state index < -0.39 is 49.5 Å². The van der Waals surface area contributed by atoms with E-state index in [9.17, 15) is 30.3 Å². The van der Waals surface area contributed by atoms with Crippen molar-refractivity contribution in [2.24, 2.45) is 0 Å². The molecule has 7 atom stereocenters. The summed E-state index contributed by atoms with van der Waals surface area (Å²) in [5.41, 5.74) is 0. The molecule has 53 heavy (non-hydrogen) atoms. The van der Waals surface area contributed by atoms with E-state index in [-0.39, 0.29) is 12.5 Å². The second kappa shape index (κ2) is 35.4. The lowest BCUT2D eigenvalue weighted by molar-refractivity contribution is -0.302. The van der Waals surface area contributed by atoms with Crippen LogP contribution in [0.4, 0.5) is 0 Å². The Hall–Kier alpha value is -1.07. The van der Waals surface area contributed by atoms with Crippen LogP contribution in [0.25, 0.3) is 0 Å². The molecule has 6 N–H and O–H groups in total. The second-order valence-electron chi connectivity index (χ2n) is 15.9. The summed E-state index contributed by atoms with van der Waals surface area (Å²) in [6, 6.07) is -0.796. The number of carbonyl (C=O) groups is 1. The number of hydrogen-bond acceptors (Lipinski definition) is 8. The molecule has 314 valence electrons. The van der Waals surface area contributed by atoms with Crippen LogP contribution in [0.15, 0.2) is 12.2 Å². The highest BCUT2D eigenvalue weighted by Gasteiger charge is 2.44. The quantitative estimate of drug-likeness (QED) is 0.0272. The highest BCUT2D eigenvalue weighted by Crippen LogP contribution is 2.23. The van der Waals surface area contributed by atoms with Gasteiger partial charge in [0.2, 0.25) is 5.91 Å². The van der Waals surface area contributed by atoms with Gasteiger partial charge in [-0.3, -0.25) is 4.79 Å². The monoisotopic (exact) mass is 756 g/mol. The first kappa shape index (κ1) is 49.9. The van der Waals surface area contributed by atoms with Crippen LogP contribution < -0.4 is 5.32 Å². The lowest BCUT2D eigenvalue weighted by Gasteiger charge is -2.40. The minimum atomic E-state index is -1.56. The van der Waals surface area contributed by atoms with Crippen molar-refractivity contribution in [3.05, 3.63) is 12.2 Å². The van der Waals surface area contributed by atoms with Crippen molar-refractivity contribution in [1.29, 1.82) is 0 Å². The number of amides is 1. The molecule has 0 radical (unpaired) electrons. The normalized spacial score (nSPS) is 21.7. The van der Waals surface area contributed by atoms with E-state index in [0.717, 1.165) is 38.5 Å². The molecule has 1 aliphatic rings. The number of hydrogen-bond donors (Lipinski definition) is 6. The smallest absolute Gasteiger partial charge is 0.220 e. The van der Waals surface area contributed by atoms with Crippen LogP contribution >= 0.6 is 0 Å². The molecule has 0 aromatic heterocycles. The summed E-state index contributed by atoms with van der Waals surface area (Å²) in [7, 11) is 0. The number of nitrogens with one attached hydrogen (secondary N) is 1. The van der Waals surface area contributed by atoms with Gasteiger partial charge in [0.25, 0.3) is 0 Å². The Kier molecular flexibility index (Phi) is 33.3. The van der Waals surface area contributed by atoms with E-state index in [2.05, 4.69) is 19.2 Å². The van der Waals surface area contributed by atoms with Gasteiger partial charge in [-0.15, -0.1) is 0 Å². The first-order valence-corrected chi connectivity index (χ1v) is 22.4. The van der Waals surface area contributed by atoms with E-state index in [1.165, 1.54) is 148 Å². The molecular formula is C44H85NO8. The topological polar surface area (TPSA) is 149 Å². The molecule has 0 aromatic rings. The number of carbonyl (C=O) groups excluding carboxylic acids is 1. The van der Waals surface area contributed by atoms with Crippen molar-refractivity contribution in [2.75, 3.05) is 13.2 Å². The highest BCUT2D eigenvalue weighted by atomic mass is 16.7. The van der Waals surface area contributed by atoms with Gasteiger partial charge in [0.1, 0.15) is 24.4 Å². The predicted octanol–water partition coefficient (Wildman–Crippen LogP) is 8.95. The Morgan fingerprint density at radius 1 is 0.623 bits per heavy atom. The number of unbranched alkanes of at least 4 members (excludes halogenated alkanes) is 27. The van der Waals surface area contributed by atoms with Crippen molar-refractivity contribution in [1.82, 2.24) is 5.32 Å². The van der Waals surface area contributed by atoms with Crippen molar-refractivity contribution < 1.29 is 39.8 Å². The minimum absolute atomic E-state index is 0.176. The third-order valence-electron chi connectivity index (χ3n) is 10.9. The van der Waals surface area contributed by atoms with Gasteiger partial charge < -0.3 is 40.3 Å². The zero-order valence-corrected chi connectivity index (χ0v) is 34.3. The molecule has 0 bridgehead atoms. The minimum Gasteiger partial charge on any atom is -0.394 e. The fraction of sp³-hybridized carbons (Fsp3) is 0.932. The maximum absolute atomic E-state index is 12.9. The first-order valence-electron chi connectivity index (χ1n) is 22.4. The maximum Gasteiger partial charge on any atom is 0.220 e. The van der Waals surface area contributed by atoms with Crippen molar-refractivity contribution >= 4 is 5.91 Å². The first-order chi connectivity index (χ1) is 25.8. The zero-order chi connectivity index (χ0) is 38.8. The average Bonchev–Trinajstić information content (AvgIpc) is 3.16. The second-order valence-corrected chi connectivity index (χ2v) is 15.9. The number of allylic oxidation sites excluding steroid dienone is 1. The molecule has 1 rings (SSSR count). The molecule has 1 aliphatic heterocycles. The summed E-state index contributed by atoms with van der Waals surface area (Å²) in [5, 5.41) is 54.0. The molecule has 7 unspecified atom stereocenters. The Balaban J connectivity index is 2.29. The summed E-state index contributed by atoms with van der Waals surface area (Å²) in [5.74, 6) is -0.176. The van der Waals surface area contributed by atoms with Crippen LogP contribution in [-0.2, 0) is 14.3 Å². The predicted molar refractivity (Wildman–Crippen MR) is 217 cm³/mol. The van der Waals surface area contributed by atoms with Crippen LogP contribution in [0.3, 0.4) is 0 Å². The lowest BCUT2D eigenvalue weighted by Crippen LogP contribution is -2.60. The van der Waals surface area contributed by atoms with Gasteiger partial charge in [-0.05, 0) is 19.3 Å². The van der Waals surface area contributed by atoms with Gasteiger partial charge in [-0.2, -0.15) is 0 Å². The van der Waals surface area contributed by atoms with Gasteiger partial charge in [-0.1, -0.05) is 193 Å². The van der Waals surface area contributed by atoms with Crippen molar-refractivity contribution in [2.45, 2.75) is 249 Å². The van der Waals surface area contributed by atoms with Gasteiger partial charge in [0, 0.05) is 6.42 Å². The Labute approximate surface area is 325 Å².